The molecule has 0 bridgehead atoms. The van der Waals surface area contributed by atoms with Gasteiger partial charge in [0.25, 0.3) is 0 Å². The zero-order valence-corrected chi connectivity index (χ0v) is 21.6. The van der Waals surface area contributed by atoms with Crippen LogP contribution in [0.3, 0.4) is 0 Å². The third-order valence-corrected chi connectivity index (χ3v) is 7.23. The first-order chi connectivity index (χ1) is 18.1. The molecule has 1 aromatic heterocycles. The van der Waals surface area contributed by atoms with E-state index in [0.29, 0.717) is 28.8 Å². The van der Waals surface area contributed by atoms with E-state index >= 15 is 0 Å². The van der Waals surface area contributed by atoms with Gasteiger partial charge in [-0.05, 0) is 67.1 Å². The third kappa shape index (κ3) is 5.36. The maximum absolute atomic E-state index is 13.1. The van der Waals surface area contributed by atoms with Crippen LogP contribution >= 0.6 is 11.8 Å². The molecule has 0 radical (unpaired) electrons. The molecular formula is C28H27N3O5S. The highest BCUT2D eigenvalue weighted by Gasteiger charge is 2.23. The minimum absolute atomic E-state index is 0.111. The maximum atomic E-state index is 13.1. The monoisotopic (exact) mass is 517 g/mol. The molecule has 1 aliphatic rings. The Morgan fingerprint density at radius 2 is 1.62 bits per heavy atom. The van der Waals surface area contributed by atoms with Crippen LogP contribution in [0.1, 0.15) is 13.3 Å². The molecule has 1 amide bonds. The number of carbonyl (C=O) groups excluding carboxylic acids is 1. The molecule has 37 heavy (non-hydrogen) atoms. The number of thioether (sulfide) groups is 1. The van der Waals surface area contributed by atoms with Gasteiger partial charge in [-0.1, -0.05) is 18.7 Å². The summed E-state index contributed by atoms with van der Waals surface area (Å²) in [5, 5.41) is 3.29. The predicted octanol–water partition coefficient (Wildman–Crippen LogP) is 6.00. The van der Waals surface area contributed by atoms with Crippen molar-refractivity contribution in [3.8, 4) is 45.5 Å². The molecule has 190 valence electrons. The molecule has 2 heterocycles. The van der Waals surface area contributed by atoms with Gasteiger partial charge in [-0.2, -0.15) is 0 Å². The number of fused-ring (bicyclic) bond motifs is 1. The molecule has 1 aliphatic heterocycles. The fraction of sp³-hybridized carbons (Fsp3) is 0.214. The molecule has 0 aliphatic carbocycles. The molecule has 8 nitrogen and oxygen atoms in total. The summed E-state index contributed by atoms with van der Waals surface area (Å²) in [6.45, 7) is 2.17. The van der Waals surface area contributed by atoms with E-state index in [1.807, 2.05) is 55.5 Å². The molecule has 0 saturated heterocycles. The number of ether oxygens (including phenoxy) is 4. The average Bonchev–Trinajstić information content (AvgIpc) is 3.58. The van der Waals surface area contributed by atoms with Gasteiger partial charge in [-0.25, -0.2) is 4.98 Å². The Hall–Kier alpha value is -4.11. The van der Waals surface area contributed by atoms with Crippen molar-refractivity contribution in [1.29, 1.82) is 0 Å². The second-order valence-electron chi connectivity index (χ2n) is 8.29. The lowest BCUT2D eigenvalue weighted by Crippen LogP contribution is -2.24. The van der Waals surface area contributed by atoms with E-state index in [-0.39, 0.29) is 18.0 Å². The minimum atomic E-state index is -0.357. The summed E-state index contributed by atoms with van der Waals surface area (Å²) >= 11 is 1.40. The van der Waals surface area contributed by atoms with Crippen LogP contribution in [0.2, 0.25) is 0 Å². The first kappa shape index (κ1) is 24.6. The van der Waals surface area contributed by atoms with Crippen molar-refractivity contribution in [2.45, 2.75) is 23.8 Å². The zero-order valence-electron chi connectivity index (χ0n) is 20.7. The van der Waals surface area contributed by atoms with Gasteiger partial charge in [0.15, 0.2) is 16.7 Å². The summed E-state index contributed by atoms with van der Waals surface area (Å²) in [4.78, 5) is 21.5. The number of amides is 1. The summed E-state index contributed by atoms with van der Waals surface area (Å²) in [5.41, 5.74) is 4.21. The van der Waals surface area contributed by atoms with E-state index in [4.69, 9.17) is 23.9 Å². The Labute approximate surface area is 219 Å². The first-order valence-corrected chi connectivity index (χ1v) is 12.7. The number of carbonyl (C=O) groups is 1. The van der Waals surface area contributed by atoms with Crippen molar-refractivity contribution >= 4 is 23.4 Å². The van der Waals surface area contributed by atoms with Crippen LogP contribution < -0.4 is 24.3 Å². The van der Waals surface area contributed by atoms with Gasteiger partial charge < -0.3 is 29.2 Å². The normalized spacial score (nSPS) is 12.7. The number of methoxy groups -OCH3 is 2. The molecule has 0 spiro atoms. The highest BCUT2D eigenvalue weighted by molar-refractivity contribution is 8.00. The highest BCUT2D eigenvalue weighted by atomic mass is 32.2. The van der Waals surface area contributed by atoms with Crippen LogP contribution in [0.15, 0.2) is 71.9 Å². The highest BCUT2D eigenvalue weighted by Crippen LogP contribution is 2.37. The number of hydrogen-bond acceptors (Lipinski definition) is 7. The summed E-state index contributed by atoms with van der Waals surface area (Å²) in [7, 11) is 3.28. The van der Waals surface area contributed by atoms with Crippen LogP contribution in [0.4, 0.5) is 5.69 Å². The van der Waals surface area contributed by atoms with E-state index in [2.05, 4.69) is 10.3 Å². The van der Waals surface area contributed by atoms with Crippen molar-refractivity contribution in [2.75, 3.05) is 26.3 Å². The number of nitrogens with one attached hydrogen (secondary N) is 2. The third-order valence-electron chi connectivity index (χ3n) is 5.98. The molecule has 1 atom stereocenters. The Bertz CT molecular complexity index is 1320. The van der Waals surface area contributed by atoms with Gasteiger partial charge in [0, 0.05) is 22.9 Å². The number of imidazole rings is 1. The number of rotatable bonds is 9. The van der Waals surface area contributed by atoms with Crippen molar-refractivity contribution in [1.82, 2.24) is 9.97 Å². The van der Waals surface area contributed by atoms with Gasteiger partial charge >= 0.3 is 0 Å². The second-order valence-corrected chi connectivity index (χ2v) is 9.49. The van der Waals surface area contributed by atoms with Gasteiger partial charge in [-0.15, -0.1) is 0 Å². The predicted molar refractivity (Wildman–Crippen MR) is 144 cm³/mol. The van der Waals surface area contributed by atoms with E-state index in [0.717, 1.165) is 34.0 Å². The Balaban J connectivity index is 1.41. The molecule has 0 fully saturated rings. The van der Waals surface area contributed by atoms with Crippen LogP contribution in [0.25, 0.3) is 22.5 Å². The van der Waals surface area contributed by atoms with E-state index < -0.39 is 0 Å². The molecule has 2 N–H and O–H groups in total. The van der Waals surface area contributed by atoms with Crippen LogP contribution in [-0.2, 0) is 4.79 Å². The van der Waals surface area contributed by atoms with Gasteiger partial charge in [0.05, 0.1) is 30.9 Å². The van der Waals surface area contributed by atoms with E-state index in [9.17, 15) is 4.79 Å². The number of H-pyrrole nitrogens is 1. The Morgan fingerprint density at radius 1 is 0.973 bits per heavy atom. The summed E-state index contributed by atoms with van der Waals surface area (Å²) in [5.74, 6) is 2.73. The lowest BCUT2D eigenvalue weighted by atomic mass is 10.0. The van der Waals surface area contributed by atoms with E-state index in [1.165, 1.54) is 11.8 Å². The van der Waals surface area contributed by atoms with Crippen molar-refractivity contribution in [2.24, 2.45) is 0 Å². The van der Waals surface area contributed by atoms with Crippen molar-refractivity contribution in [3.05, 3.63) is 66.7 Å². The maximum Gasteiger partial charge on any atom is 0.237 e. The van der Waals surface area contributed by atoms with Gasteiger partial charge in [0.1, 0.15) is 11.5 Å². The Morgan fingerprint density at radius 3 is 2.27 bits per heavy atom. The lowest BCUT2D eigenvalue weighted by Gasteiger charge is -2.13. The van der Waals surface area contributed by atoms with Gasteiger partial charge in [0.2, 0.25) is 12.7 Å². The van der Waals surface area contributed by atoms with Crippen LogP contribution in [-0.4, -0.2) is 42.1 Å². The second kappa shape index (κ2) is 10.9. The summed E-state index contributed by atoms with van der Waals surface area (Å²) in [6.07, 6.45) is 0.623. The lowest BCUT2D eigenvalue weighted by molar-refractivity contribution is -0.115. The number of anilines is 1. The van der Waals surface area contributed by atoms with E-state index in [1.54, 1.807) is 32.4 Å². The topological polar surface area (TPSA) is 94.7 Å². The number of aromatic nitrogens is 2. The smallest absolute Gasteiger partial charge is 0.237 e. The molecule has 9 heteroatoms. The van der Waals surface area contributed by atoms with Crippen molar-refractivity contribution < 1.29 is 23.7 Å². The quantitative estimate of drug-likeness (QED) is 0.263. The number of nitrogens with zero attached hydrogens (tertiary/aromatic N) is 1. The number of aromatic amines is 1. The zero-order chi connectivity index (χ0) is 25.8. The minimum Gasteiger partial charge on any atom is -0.497 e. The number of benzene rings is 3. The SMILES string of the molecule is CCC(Sc1nc(-c2ccc(OC)cc2)c(-c2ccc(OC)cc2)[nH]1)C(=O)Nc1ccc2c(c1)OCO2. The Kier molecular flexibility index (Phi) is 7.23. The molecular weight excluding hydrogens is 490 g/mol. The summed E-state index contributed by atoms with van der Waals surface area (Å²) in [6, 6.07) is 20.9. The average molecular weight is 518 g/mol. The molecule has 5 rings (SSSR count). The van der Waals surface area contributed by atoms with Crippen LogP contribution in [0.5, 0.6) is 23.0 Å². The standard InChI is InChI=1S/C28H27N3O5S/c1-4-24(27(32)29-19-9-14-22-23(15-19)36-16-35-22)37-28-30-25(17-5-10-20(33-2)11-6-17)26(31-28)18-7-12-21(34-3)13-8-18/h5-15,24H,4,16H2,1-3H3,(H,29,32)(H,30,31). The first-order valence-electron chi connectivity index (χ1n) is 11.8. The molecule has 1 unspecified atom stereocenters. The fourth-order valence-electron chi connectivity index (χ4n) is 3.99. The molecule has 0 saturated carbocycles. The largest absolute Gasteiger partial charge is 0.497 e. The number of hydrogen-bond donors (Lipinski definition) is 2. The van der Waals surface area contributed by atoms with Crippen molar-refractivity contribution in [3.63, 3.8) is 0 Å². The molecule has 4 aromatic rings. The van der Waals surface area contributed by atoms with Gasteiger partial charge in [-0.3, -0.25) is 4.79 Å². The molecule has 3 aromatic carbocycles. The fourth-order valence-corrected chi connectivity index (χ4v) is 4.89. The van der Waals surface area contributed by atoms with Crippen LogP contribution in [0, 0.1) is 0 Å². The summed E-state index contributed by atoms with van der Waals surface area (Å²) < 4.78 is 21.4.